The summed E-state index contributed by atoms with van der Waals surface area (Å²) in [5.74, 6) is 6.59. The summed E-state index contributed by atoms with van der Waals surface area (Å²) in [5, 5.41) is 2.40. The van der Waals surface area contributed by atoms with Gasteiger partial charge in [-0.25, -0.2) is 5.43 Å². The third kappa shape index (κ3) is 2.52. The third-order valence-electron chi connectivity index (χ3n) is 3.34. The van der Waals surface area contributed by atoms with Gasteiger partial charge in [-0.05, 0) is 40.6 Å². The van der Waals surface area contributed by atoms with E-state index < -0.39 is 0 Å². The zero-order chi connectivity index (χ0) is 13.2. The summed E-state index contributed by atoms with van der Waals surface area (Å²) in [6.45, 7) is 0.744. The highest BCUT2D eigenvalue weighted by molar-refractivity contribution is 9.10. The molecule has 19 heavy (non-hydrogen) atoms. The van der Waals surface area contributed by atoms with Crippen LogP contribution < -0.4 is 11.3 Å². The van der Waals surface area contributed by atoms with E-state index in [4.69, 9.17) is 10.6 Å². The lowest BCUT2D eigenvalue weighted by atomic mass is 10.0. The molecule has 0 aromatic heterocycles. The number of ether oxygens (including phenoxy) is 1. The molecule has 3 rings (SSSR count). The standard InChI is InChI=1S/C15H15BrN2O/c16-13-6-5-10-8-12(4-3-11(10)9-13)15(18-17)14-2-1-7-19-14/h2-6,8-9,15,18H,1,7,17H2. The first-order valence-corrected chi connectivity index (χ1v) is 7.05. The van der Waals surface area contributed by atoms with Crippen molar-refractivity contribution in [1.29, 1.82) is 0 Å². The molecule has 1 atom stereocenters. The van der Waals surface area contributed by atoms with E-state index in [9.17, 15) is 0 Å². The number of hydrazine groups is 1. The minimum Gasteiger partial charge on any atom is -0.496 e. The number of nitrogens with two attached hydrogens (primary N) is 1. The van der Waals surface area contributed by atoms with Gasteiger partial charge in [0.1, 0.15) is 11.8 Å². The van der Waals surface area contributed by atoms with Gasteiger partial charge in [0, 0.05) is 10.9 Å². The van der Waals surface area contributed by atoms with E-state index in [0.29, 0.717) is 0 Å². The number of fused-ring (bicyclic) bond motifs is 1. The molecule has 0 saturated carbocycles. The van der Waals surface area contributed by atoms with Crippen LogP contribution in [0, 0.1) is 0 Å². The Bertz CT molecular complexity index is 639. The maximum absolute atomic E-state index is 5.67. The molecular formula is C15H15BrN2O. The van der Waals surface area contributed by atoms with Crippen molar-refractivity contribution in [2.24, 2.45) is 5.84 Å². The Morgan fingerprint density at radius 2 is 1.95 bits per heavy atom. The fourth-order valence-corrected chi connectivity index (χ4v) is 2.77. The van der Waals surface area contributed by atoms with Crippen LogP contribution in [0.25, 0.3) is 10.8 Å². The second kappa shape index (κ2) is 5.33. The van der Waals surface area contributed by atoms with Crippen LogP contribution in [-0.4, -0.2) is 6.61 Å². The van der Waals surface area contributed by atoms with Crippen molar-refractivity contribution in [2.45, 2.75) is 12.5 Å². The number of hydrogen-bond donors (Lipinski definition) is 2. The number of hydrogen-bond acceptors (Lipinski definition) is 3. The molecule has 1 aliphatic heterocycles. The molecule has 1 heterocycles. The third-order valence-corrected chi connectivity index (χ3v) is 3.84. The topological polar surface area (TPSA) is 47.3 Å². The number of rotatable bonds is 3. The van der Waals surface area contributed by atoms with Crippen LogP contribution in [0.1, 0.15) is 18.0 Å². The van der Waals surface area contributed by atoms with Crippen molar-refractivity contribution in [1.82, 2.24) is 5.43 Å². The van der Waals surface area contributed by atoms with Crippen LogP contribution in [0.15, 0.2) is 52.7 Å². The highest BCUT2D eigenvalue weighted by Crippen LogP contribution is 2.29. The SMILES string of the molecule is NNC(C1=CCCO1)c1ccc2cc(Br)ccc2c1. The molecule has 3 nitrogen and oxygen atoms in total. The lowest BCUT2D eigenvalue weighted by Crippen LogP contribution is -2.29. The average molecular weight is 319 g/mol. The average Bonchev–Trinajstić information content (AvgIpc) is 2.93. The molecule has 3 N–H and O–H groups in total. The highest BCUT2D eigenvalue weighted by atomic mass is 79.9. The molecule has 0 radical (unpaired) electrons. The summed E-state index contributed by atoms with van der Waals surface area (Å²) in [6.07, 6.45) is 3.05. The van der Waals surface area contributed by atoms with Gasteiger partial charge in [-0.2, -0.15) is 0 Å². The first kappa shape index (κ1) is 12.7. The molecule has 0 bridgehead atoms. The van der Waals surface area contributed by atoms with Crippen LogP contribution in [0.5, 0.6) is 0 Å². The van der Waals surface area contributed by atoms with Crippen molar-refractivity contribution in [3.63, 3.8) is 0 Å². The monoisotopic (exact) mass is 318 g/mol. The van der Waals surface area contributed by atoms with Gasteiger partial charge in [-0.3, -0.25) is 5.84 Å². The van der Waals surface area contributed by atoms with E-state index in [2.05, 4.69) is 57.8 Å². The highest BCUT2D eigenvalue weighted by Gasteiger charge is 2.19. The molecule has 0 spiro atoms. The van der Waals surface area contributed by atoms with E-state index in [1.165, 1.54) is 10.8 Å². The van der Waals surface area contributed by atoms with Crippen LogP contribution in [0.4, 0.5) is 0 Å². The molecule has 2 aromatic rings. The second-order valence-corrected chi connectivity index (χ2v) is 5.51. The zero-order valence-corrected chi connectivity index (χ0v) is 12.0. The Morgan fingerprint density at radius 1 is 1.16 bits per heavy atom. The van der Waals surface area contributed by atoms with Gasteiger partial charge in [-0.15, -0.1) is 0 Å². The molecule has 0 saturated heterocycles. The van der Waals surface area contributed by atoms with Gasteiger partial charge in [-0.1, -0.05) is 34.1 Å². The molecule has 1 unspecified atom stereocenters. The van der Waals surface area contributed by atoms with Crippen molar-refractivity contribution in [3.8, 4) is 0 Å². The minimum atomic E-state index is -0.0736. The predicted molar refractivity (Wildman–Crippen MR) is 80.4 cm³/mol. The maximum Gasteiger partial charge on any atom is 0.115 e. The lowest BCUT2D eigenvalue weighted by molar-refractivity contribution is 0.216. The smallest absolute Gasteiger partial charge is 0.115 e. The van der Waals surface area contributed by atoms with Crippen molar-refractivity contribution in [2.75, 3.05) is 6.61 Å². The molecule has 2 aromatic carbocycles. The summed E-state index contributed by atoms with van der Waals surface area (Å²) in [5.41, 5.74) is 3.95. The van der Waals surface area contributed by atoms with Crippen LogP contribution >= 0.6 is 15.9 Å². The summed E-state index contributed by atoms with van der Waals surface area (Å²) in [7, 11) is 0. The summed E-state index contributed by atoms with van der Waals surface area (Å²) in [6, 6.07) is 12.5. The van der Waals surface area contributed by atoms with Gasteiger partial charge >= 0.3 is 0 Å². The van der Waals surface area contributed by atoms with Crippen molar-refractivity contribution >= 4 is 26.7 Å². The quantitative estimate of drug-likeness (QED) is 0.673. The zero-order valence-electron chi connectivity index (χ0n) is 10.4. The first-order valence-electron chi connectivity index (χ1n) is 6.26. The summed E-state index contributed by atoms with van der Waals surface area (Å²) >= 11 is 3.49. The molecule has 98 valence electrons. The van der Waals surface area contributed by atoms with Crippen LogP contribution in [-0.2, 0) is 4.74 Å². The van der Waals surface area contributed by atoms with E-state index in [-0.39, 0.29) is 6.04 Å². The molecule has 0 fully saturated rings. The predicted octanol–water partition coefficient (Wildman–Crippen LogP) is 3.41. The van der Waals surface area contributed by atoms with Gasteiger partial charge < -0.3 is 4.74 Å². The van der Waals surface area contributed by atoms with E-state index in [1.54, 1.807) is 0 Å². The Kier molecular flexibility index (Phi) is 3.55. The van der Waals surface area contributed by atoms with Crippen LogP contribution in [0.2, 0.25) is 0 Å². The lowest BCUT2D eigenvalue weighted by Gasteiger charge is -2.18. The minimum absolute atomic E-state index is 0.0736. The van der Waals surface area contributed by atoms with E-state index >= 15 is 0 Å². The fraction of sp³-hybridized carbons (Fsp3) is 0.200. The number of nitrogens with one attached hydrogen (secondary N) is 1. The van der Waals surface area contributed by atoms with Gasteiger partial charge in [0.2, 0.25) is 0 Å². The summed E-state index contributed by atoms with van der Waals surface area (Å²) < 4.78 is 6.69. The molecule has 1 aliphatic rings. The summed E-state index contributed by atoms with van der Waals surface area (Å²) in [4.78, 5) is 0. The van der Waals surface area contributed by atoms with Gasteiger partial charge in [0.25, 0.3) is 0 Å². The Labute approximate surface area is 120 Å². The van der Waals surface area contributed by atoms with Gasteiger partial charge in [0.05, 0.1) is 6.61 Å². The second-order valence-electron chi connectivity index (χ2n) is 4.59. The number of benzene rings is 2. The van der Waals surface area contributed by atoms with E-state index in [0.717, 1.165) is 28.8 Å². The molecule has 0 amide bonds. The molecule has 0 aliphatic carbocycles. The first-order chi connectivity index (χ1) is 9.28. The molecule has 4 heteroatoms. The van der Waals surface area contributed by atoms with Crippen LogP contribution in [0.3, 0.4) is 0 Å². The van der Waals surface area contributed by atoms with Crippen molar-refractivity contribution in [3.05, 3.63) is 58.3 Å². The Morgan fingerprint density at radius 3 is 2.68 bits per heavy atom. The maximum atomic E-state index is 5.67. The number of halogens is 1. The van der Waals surface area contributed by atoms with Gasteiger partial charge in [0.15, 0.2) is 0 Å². The Balaban J connectivity index is 2.01. The fourth-order valence-electron chi connectivity index (χ4n) is 2.40. The normalized spacial score (nSPS) is 16.2. The molecular weight excluding hydrogens is 304 g/mol. The van der Waals surface area contributed by atoms with Crippen molar-refractivity contribution < 1.29 is 4.74 Å². The Hall–Kier alpha value is -1.36. The van der Waals surface area contributed by atoms with E-state index in [1.807, 2.05) is 6.07 Å². The largest absolute Gasteiger partial charge is 0.496 e.